The van der Waals surface area contributed by atoms with E-state index in [1.54, 1.807) is 0 Å². The monoisotopic (exact) mass is 480 g/mol. The van der Waals surface area contributed by atoms with Gasteiger partial charge in [0.1, 0.15) is 21.3 Å². The molecule has 0 heterocycles. The van der Waals surface area contributed by atoms with Gasteiger partial charge in [-0.25, -0.2) is 0 Å². The minimum Gasteiger partial charge on any atom is -0.379 e. The minimum absolute atomic E-state index is 0.278. The molecule has 0 aliphatic rings. The van der Waals surface area contributed by atoms with E-state index < -0.39 is 30.1 Å². The summed E-state index contributed by atoms with van der Waals surface area (Å²) >= 11 is 0. The molecule has 0 fully saturated rings. The van der Waals surface area contributed by atoms with Crippen LogP contribution in [0.25, 0.3) is 0 Å². The van der Waals surface area contributed by atoms with E-state index in [2.05, 4.69) is 0 Å². The molecule has 3 aromatic rings. The fourth-order valence-corrected chi connectivity index (χ4v) is 4.24. The summed E-state index contributed by atoms with van der Waals surface area (Å²) < 4.78 is 59.4. The van der Waals surface area contributed by atoms with Gasteiger partial charge in [-0.1, -0.05) is 6.07 Å². The predicted molar refractivity (Wildman–Crippen MR) is 108 cm³/mol. The molecule has 12 nitrogen and oxygen atoms in total. The number of nitrogens with zero attached hydrogens (tertiary/aromatic N) is 2. The van der Waals surface area contributed by atoms with Crippen LogP contribution in [0.2, 0.25) is 0 Å². The molecular formula is C18H12N2O10S2. The maximum absolute atomic E-state index is 12.4. The molecule has 0 amide bonds. The molecule has 32 heavy (non-hydrogen) atoms. The largest absolute Gasteiger partial charge is 0.379 e. The van der Waals surface area contributed by atoms with Crippen molar-refractivity contribution in [2.75, 3.05) is 0 Å². The smallest absolute Gasteiger partial charge is 0.339 e. The van der Waals surface area contributed by atoms with Crippen molar-refractivity contribution in [3.05, 3.63) is 93.0 Å². The second-order valence-corrected chi connectivity index (χ2v) is 9.14. The van der Waals surface area contributed by atoms with E-state index in [-0.39, 0.29) is 32.7 Å². The Morgan fingerprint density at radius 2 is 0.938 bits per heavy atom. The van der Waals surface area contributed by atoms with Crippen LogP contribution in [0.15, 0.2) is 82.6 Å². The quantitative estimate of drug-likeness (QED) is 0.265. The van der Waals surface area contributed by atoms with E-state index in [1.807, 2.05) is 0 Å². The number of nitro groups is 2. The van der Waals surface area contributed by atoms with Crippen LogP contribution < -0.4 is 8.37 Å². The van der Waals surface area contributed by atoms with Crippen molar-refractivity contribution in [3.63, 3.8) is 0 Å². The van der Waals surface area contributed by atoms with Gasteiger partial charge < -0.3 is 8.37 Å². The minimum atomic E-state index is -4.37. The van der Waals surface area contributed by atoms with Gasteiger partial charge in [0, 0.05) is 30.3 Å². The van der Waals surface area contributed by atoms with Crippen LogP contribution in [-0.4, -0.2) is 26.7 Å². The Balaban J connectivity index is 1.80. The Hall–Kier alpha value is -4.04. The molecule has 0 atom stereocenters. The predicted octanol–water partition coefficient (Wildman–Crippen LogP) is 3.04. The van der Waals surface area contributed by atoms with Gasteiger partial charge in [0.05, 0.1) is 9.85 Å². The van der Waals surface area contributed by atoms with Crippen LogP contribution in [0.5, 0.6) is 11.5 Å². The molecule has 0 bridgehead atoms. The van der Waals surface area contributed by atoms with Crippen LogP contribution in [0.4, 0.5) is 11.4 Å². The van der Waals surface area contributed by atoms with Gasteiger partial charge in [-0.3, -0.25) is 20.2 Å². The topological polar surface area (TPSA) is 173 Å². The third-order valence-corrected chi connectivity index (χ3v) is 6.41. The van der Waals surface area contributed by atoms with E-state index >= 15 is 0 Å². The van der Waals surface area contributed by atoms with E-state index in [9.17, 15) is 37.1 Å². The van der Waals surface area contributed by atoms with Crippen molar-refractivity contribution in [2.45, 2.75) is 9.79 Å². The van der Waals surface area contributed by atoms with Gasteiger partial charge in [-0.15, -0.1) is 0 Å². The summed E-state index contributed by atoms with van der Waals surface area (Å²) in [4.78, 5) is 19.3. The number of nitro benzene ring substituents is 2. The first-order chi connectivity index (χ1) is 15.0. The van der Waals surface area contributed by atoms with Gasteiger partial charge in [-0.05, 0) is 36.4 Å². The second-order valence-electron chi connectivity index (χ2n) is 6.05. The molecule has 0 aliphatic heterocycles. The highest BCUT2D eigenvalue weighted by molar-refractivity contribution is 7.87. The van der Waals surface area contributed by atoms with Gasteiger partial charge >= 0.3 is 20.2 Å². The van der Waals surface area contributed by atoms with Crippen LogP contribution in [-0.2, 0) is 20.2 Å². The number of benzene rings is 3. The highest BCUT2D eigenvalue weighted by atomic mass is 32.2. The first-order valence-electron chi connectivity index (χ1n) is 8.46. The molecule has 0 N–H and O–H groups in total. The summed E-state index contributed by atoms with van der Waals surface area (Å²) in [5, 5.41) is 21.4. The first kappa shape index (κ1) is 22.6. The van der Waals surface area contributed by atoms with Crippen molar-refractivity contribution >= 4 is 31.6 Å². The zero-order chi connectivity index (χ0) is 23.5. The molecule has 3 rings (SSSR count). The Bertz CT molecular complexity index is 1280. The van der Waals surface area contributed by atoms with Crippen molar-refractivity contribution in [1.82, 2.24) is 0 Å². The number of rotatable bonds is 8. The van der Waals surface area contributed by atoms with Gasteiger partial charge in [0.15, 0.2) is 0 Å². The zero-order valence-corrected chi connectivity index (χ0v) is 17.4. The van der Waals surface area contributed by atoms with E-state index in [1.165, 1.54) is 18.2 Å². The Kier molecular flexibility index (Phi) is 6.09. The maximum Gasteiger partial charge on any atom is 0.339 e. The lowest BCUT2D eigenvalue weighted by molar-refractivity contribution is -0.385. The summed E-state index contributed by atoms with van der Waals surface area (Å²) in [5.41, 5.74) is -0.619. The number of hydrogen-bond acceptors (Lipinski definition) is 10. The van der Waals surface area contributed by atoms with Crippen molar-refractivity contribution in [1.29, 1.82) is 0 Å². The van der Waals surface area contributed by atoms with Crippen LogP contribution >= 0.6 is 0 Å². The number of non-ortho nitro benzene ring substituents is 2. The van der Waals surface area contributed by atoms with Gasteiger partial charge in [0.25, 0.3) is 11.4 Å². The van der Waals surface area contributed by atoms with Gasteiger partial charge in [-0.2, -0.15) is 16.8 Å². The Labute approximate surface area is 181 Å². The summed E-state index contributed by atoms with van der Waals surface area (Å²) in [7, 11) is -8.75. The second kappa shape index (κ2) is 8.60. The Morgan fingerprint density at radius 1 is 0.594 bits per heavy atom. The summed E-state index contributed by atoms with van der Waals surface area (Å²) in [6, 6.07) is 12.7. The van der Waals surface area contributed by atoms with Crippen molar-refractivity contribution in [3.8, 4) is 11.5 Å². The fraction of sp³-hybridized carbons (Fsp3) is 0. The molecule has 14 heteroatoms. The van der Waals surface area contributed by atoms with E-state index in [0.29, 0.717) is 0 Å². The summed E-state index contributed by atoms with van der Waals surface area (Å²) in [6.45, 7) is 0. The lowest BCUT2D eigenvalue weighted by Gasteiger charge is -2.10. The number of hydrogen-bond donors (Lipinski definition) is 0. The molecule has 0 unspecified atom stereocenters. The zero-order valence-electron chi connectivity index (χ0n) is 15.7. The average molecular weight is 480 g/mol. The summed E-state index contributed by atoms with van der Waals surface area (Å²) in [6.07, 6.45) is 0. The molecule has 0 spiro atoms. The molecule has 0 saturated heterocycles. The molecule has 3 aromatic carbocycles. The first-order valence-corrected chi connectivity index (χ1v) is 11.3. The van der Waals surface area contributed by atoms with E-state index in [0.717, 1.165) is 54.6 Å². The van der Waals surface area contributed by atoms with Gasteiger partial charge in [0.2, 0.25) is 0 Å². The van der Waals surface area contributed by atoms with Crippen LogP contribution in [0, 0.1) is 20.2 Å². The normalized spacial score (nSPS) is 11.5. The van der Waals surface area contributed by atoms with E-state index in [4.69, 9.17) is 8.37 Å². The highest BCUT2D eigenvalue weighted by Crippen LogP contribution is 2.27. The average Bonchev–Trinajstić information content (AvgIpc) is 2.73. The SMILES string of the molecule is O=[N+]([O-])c1ccc(S(=O)(=O)Oc2cccc(OS(=O)(=O)c3ccc([N+](=O)[O-])cc3)c2)cc1. The van der Waals surface area contributed by atoms with Crippen molar-refractivity contribution in [2.24, 2.45) is 0 Å². The molecule has 0 saturated carbocycles. The standard InChI is InChI=1S/C18H12N2O10S2/c21-19(22)13-4-8-17(9-5-13)31(25,26)29-15-2-1-3-16(12-15)30-32(27,28)18-10-6-14(7-11-18)20(23)24/h1-12H. The third-order valence-electron chi connectivity index (χ3n) is 3.89. The molecule has 0 aliphatic carbocycles. The molecular weight excluding hydrogens is 468 g/mol. The highest BCUT2D eigenvalue weighted by Gasteiger charge is 2.21. The molecule has 0 radical (unpaired) electrons. The Morgan fingerprint density at radius 3 is 1.25 bits per heavy atom. The molecule has 166 valence electrons. The lowest BCUT2D eigenvalue weighted by Crippen LogP contribution is -2.11. The maximum atomic E-state index is 12.4. The summed E-state index contributed by atoms with van der Waals surface area (Å²) in [5.74, 6) is -0.556. The molecule has 0 aromatic heterocycles. The van der Waals surface area contributed by atoms with Crippen LogP contribution in [0.3, 0.4) is 0 Å². The lowest BCUT2D eigenvalue weighted by atomic mass is 10.3. The van der Waals surface area contributed by atoms with Crippen LogP contribution in [0.1, 0.15) is 0 Å². The van der Waals surface area contributed by atoms with Crippen molar-refractivity contribution < 1.29 is 35.0 Å². The fourth-order valence-electron chi connectivity index (χ4n) is 2.40. The third kappa shape index (κ3) is 5.16.